The number of nitro groups is 1. The van der Waals surface area contributed by atoms with E-state index >= 15 is 0 Å². The first-order valence-corrected chi connectivity index (χ1v) is 14.4. The van der Waals surface area contributed by atoms with Gasteiger partial charge in [0.15, 0.2) is 5.11 Å². The SMILES string of the molecule is O=[N+]([O-])c1ccc(Sc2ccc(N3C(=S)N[C@@H](c4ccccn4)[C@H]3c3ccc(-c4ccc(Br)cc4)o3)cc2)cc1. The van der Waals surface area contributed by atoms with Crippen LogP contribution in [0.3, 0.4) is 0 Å². The number of hydrogen-bond donors (Lipinski definition) is 1. The Bertz CT molecular complexity index is 1660. The van der Waals surface area contributed by atoms with Crippen LogP contribution < -0.4 is 10.2 Å². The second-order valence-electron chi connectivity index (χ2n) is 9.05. The number of rotatable bonds is 7. The molecule has 0 unspecified atom stereocenters. The molecular weight excluding hydrogens is 608 g/mol. The quantitative estimate of drug-likeness (QED) is 0.109. The number of furan rings is 1. The summed E-state index contributed by atoms with van der Waals surface area (Å²) >= 11 is 10.9. The maximum Gasteiger partial charge on any atom is 0.269 e. The average molecular weight is 630 g/mol. The van der Waals surface area contributed by atoms with Gasteiger partial charge in [-0.25, -0.2) is 0 Å². The standard InChI is InChI=1S/C30H21BrN4O3S2/c31-20-6-4-19(5-7-20)26-16-17-27(38-26)29-28(25-3-1-2-18-32-25)33-30(39)34(29)21-8-12-23(13-9-21)40-24-14-10-22(11-15-24)35(36)37/h1-18,28-29H,(H,33,39)/t28-,29+/m0/s1. The summed E-state index contributed by atoms with van der Waals surface area (Å²) < 4.78 is 7.44. The van der Waals surface area contributed by atoms with Crippen LogP contribution in [-0.2, 0) is 0 Å². The lowest BCUT2D eigenvalue weighted by atomic mass is 10.0. The van der Waals surface area contributed by atoms with Crippen LogP contribution in [0.15, 0.2) is 128 Å². The van der Waals surface area contributed by atoms with Crippen LogP contribution in [-0.4, -0.2) is 15.0 Å². The molecule has 3 heterocycles. The van der Waals surface area contributed by atoms with Crippen molar-refractivity contribution in [3.05, 3.63) is 135 Å². The molecule has 0 bridgehead atoms. The number of non-ortho nitro benzene ring substituents is 1. The predicted molar refractivity (Wildman–Crippen MR) is 163 cm³/mol. The molecule has 1 fully saturated rings. The minimum Gasteiger partial charge on any atom is -0.459 e. The first-order valence-electron chi connectivity index (χ1n) is 12.3. The largest absolute Gasteiger partial charge is 0.459 e. The van der Waals surface area contributed by atoms with Crippen molar-refractivity contribution in [2.24, 2.45) is 0 Å². The van der Waals surface area contributed by atoms with Crippen molar-refractivity contribution in [3.8, 4) is 11.3 Å². The zero-order valence-corrected chi connectivity index (χ0v) is 24.0. The molecule has 6 rings (SSSR count). The van der Waals surface area contributed by atoms with Crippen LogP contribution in [0.1, 0.15) is 23.5 Å². The minimum atomic E-state index is -0.397. The molecule has 2 atom stereocenters. The van der Waals surface area contributed by atoms with Gasteiger partial charge in [-0.3, -0.25) is 15.1 Å². The Morgan fingerprint density at radius 1 is 0.925 bits per heavy atom. The summed E-state index contributed by atoms with van der Waals surface area (Å²) in [6, 6.07) is 32.0. The molecule has 40 heavy (non-hydrogen) atoms. The van der Waals surface area contributed by atoms with Gasteiger partial charge in [0.1, 0.15) is 17.6 Å². The molecule has 5 aromatic rings. The monoisotopic (exact) mass is 628 g/mol. The van der Waals surface area contributed by atoms with E-state index < -0.39 is 4.92 Å². The number of thiocarbonyl (C=S) groups is 1. The Morgan fingerprint density at radius 3 is 2.27 bits per heavy atom. The van der Waals surface area contributed by atoms with Crippen LogP contribution in [0, 0.1) is 10.1 Å². The van der Waals surface area contributed by atoms with Crippen LogP contribution in [0.2, 0.25) is 0 Å². The molecule has 3 aromatic carbocycles. The summed E-state index contributed by atoms with van der Waals surface area (Å²) in [6.45, 7) is 0. The van der Waals surface area contributed by atoms with Crippen molar-refractivity contribution in [1.82, 2.24) is 10.3 Å². The number of aromatic nitrogens is 1. The minimum absolute atomic E-state index is 0.0736. The van der Waals surface area contributed by atoms with E-state index in [1.54, 1.807) is 18.3 Å². The number of anilines is 1. The van der Waals surface area contributed by atoms with Crippen molar-refractivity contribution in [3.63, 3.8) is 0 Å². The fraction of sp³-hybridized carbons (Fsp3) is 0.0667. The van der Waals surface area contributed by atoms with Gasteiger partial charge in [0.25, 0.3) is 5.69 Å². The van der Waals surface area contributed by atoms with Gasteiger partial charge >= 0.3 is 0 Å². The van der Waals surface area contributed by atoms with E-state index in [4.69, 9.17) is 16.6 Å². The number of nitrogens with one attached hydrogen (secondary N) is 1. The zero-order valence-electron chi connectivity index (χ0n) is 20.8. The lowest BCUT2D eigenvalue weighted by Gasteiger charge is -2.26. The van der Waals surface area contributed by atoms with Gasteiger partial charge in [-0.15, -0.1) is 0 Å². The molecule has 7 nitrogen and oxygen atoms in total. The van der Waals surface area contributed by atoms with E-state index in [2.05, 4.69) is 31.1 Å². The Hall–Kier alpha value is -3.99. The maximum absolute atomic E-state index is 11.0. The second-order valence-corrected chi connectivity index (χ2v) is 11.5. The van der Waals surface area contributed by atoms with Gasteiger partial charge < -0.3 is 14.6 Å². The summed E-state index contributed by atoms with van der Waals surface area (Å²) in [5, 5.41) is 15.0. The maximum atomic E-state index is 11.0. The van der Waals surface area contributed by atoms with Crippen LogP contribution >= 0.6 is 39.9 Å². The number of nitro benzene ring substituents is 1. The fourth-order valence-corrected chi connectivity index (χ4v) is 6.08. The number of hydrogen-bond acceptors (Lipinski definition) is 6. The number of halogens is 1. The molecule has 0 aliphatic carbocycles. The molecular formula is C30H21BrN4O3S2. The second kappa shape index (κ2) is 11.2. The van der Waals surface area contributed by atoms with Gasteiger partial charge in [-0.05, 0) is 85.0 Å². The van der Waals surface area contributed by atoms with Gasteiger partial charge in [0.05, 0.1) is 16.7 Å². The molecule has 1 aliphatic heterocycles. The molecule has 1 N–H and O–H groups in total. The zero-order chi connectivity index (χ0) is 27.6. The van der Waals surface area contributed by atoms with Crippen molar-refractivity contribution < 1.29 is 9.34 Å². The third kappa shape index (κ3) is 5.38. The Kier molecular flexibility index (Phi) is 7.38. The number of nitrogens with zero attached hydrogens (tertiary/aromatic N) is 3. The van der Waals surface area contributed by atoms with E-state index in [0.29, 0.717) is 5.11 Å². The van der Waals surface area contributed by atoms with Crippen molar-refractivity contribution in [2.75, 3.05) is 4.90 Å². The van der Waals surface area contributed by atoms with Crippen LogP contribution in [0.5, 0.6) is 0 Å². The molecule has 198 valence electrons. The summed E-state index contributed by atoms with van der Waals surface area (Å²) in [5.74, 6) is 1.54. The molecule has 1 saturated heterocycles. The highest BCUT2D eigenvalue weighted by atomic mass is 79.9. The van der Waals surface area contributed by atoms with Crippen LogP contribution in [0.4, 0.5) is 11.4 Å². The molecule has 10 heteroatoms. The van der Waals surface area contributed by atoms with Gasteiger partial charge in [-0.1, -0.05) is 45.9 Å². The summed E-state index contributed by atoms with van der Waals surface area (Å²) in [4.78, 5) is 19.2. The molecule has 2 aromatic heterocycles. The summed E-state index contributed by atoms with van der Waals surface area (Å²) in [7, 11) is 0. The lowest BCUT2D eigenvalue weighted by molar-refractivity contribution is -0.384. The molecule has 0 amide bonds. The Labute approximate surface area is 248 Å². The third-order valence-electron chi connectivity index (χ3n) is 6.54. The molecule has 0 spiro atoms. The molecule has 1 aliphatic rings. The highest BCUT2D eigenvalue weighted by Crippen LogP contribution is 2.43. The van der Waals surface area contributed by atoms with E-state index in [-0.39, 0.29) is 17.8 Å². The van der Waals surface area contributed by atoms with Gasteiger partial charge in [0, 0.05) is 43.8 Å². The first-order chi connectivity index (χ1) is 19.5. The lowest BCUT2D eigenvalue weighted by Crippen LogP contribution is -2.29. The Balaban J connectivity index is 1.31. The van der Waals surface area contributed by atoms with E-state index in [9.17, 15) is 10.1 Å². The van der Waals surface area contributed by atoms with Crippen LogP contribution in [0.25, 0.3) is 11.3 Å². The predicted octanol–water partition coefficient (Wildman–Crippen LogP) is 8.34. The fourth-order valence-electron chi connectivity index (χ4n) is 4.65. The highest BCUT2D eigenvalue weighted by molar-refractivity contribution is 9.10. The van der Waals surface area contributed by atoms with E-state index in [0.717, 1.165) is 42.7 Å². The van der Waals surface area contributed by atoms with Gasteiger partial charge in [-0.2, -0.15) is 0 Å². The molecule has 0 radical (unpaired) electrons. The molecule has 0 saturated carbocycles. The van der Waals surface area contributed by atoms with Crippen molar-refractivity contribution >= 4 is 56.4 Å². The third-order valence-corrected chi connectivity index (χ3v) is 8.40. The highest BCUT2D eigenvalue weighted by Gasteiger charge is 2.42. The smallest absolute Gasteiger partial charge is 0.269 e. The Morgan fingerprint density at radius 2 is 1.62 bits per heavy atom. The average Bonchev–Trinajstić information content (AvgIpc) is 3.59. The van der Waals surface area contributed by atoms with E-state index in [1.165, 1.54) is 23.9 Å². The van der Waals surface area contributed by atoms with Crippen molar-refractivity contribution in [1.29, 1.82) is 0 Å². The van der Waals surface area contributed by atoms with Crippen molar-refractivity contribution in [2.45, 2.75) is 21.9 Å². The number of benzene rings is 3. The summed E-state index contributed by atoms with van der Waals surface area (Å²) in [6.07, 6.45) is 1.78. The normalized spacial score (nSPS) is 16.6. The number of pyridine rings is 1. The van der Waals surface area contributed by atoms with Gasteiger partial charge in [0.2, 0.25) is 0 Å². The topological polar surface area (TPSA) is 84.4 Å². The summed E-state index contributed by atoms with van der Waals surface area (Å²) in [5.41, 5.74) is 2.83. The van der Waals surface area contributed by atoms with E-state index in [1.807, 2.05) is 78.9 Å². The first kappa shape index (κ1) is 26.2.